The van der Waals surface area contributed by atoms with E-state index in [0.29, 0.717) is 116 Å². The second-order valence-electron chi connectivity index (χ2n) is 21.8. The first-order valence-corrected chi connectivity index (χ1v) is 26.3. The van der Waals surface area contributed by atoms with E-state index in [-0.39, 0.29) is 57.1 Å². The summed E-state index contributed by atoms with van der Waals surface area (Å²) in [6.45, 7) is 26.6. The van der Waals surface area contributed by atoms with Crippen LogP contribution in [0.2, 0.25) is 0 Å². The van der Waals surface area contributed by atoms with Gasteiger partial charge in [0.05, 0.1) is 38.0 Å². The summed E-state index contributed by atoms with van der Waals surface area (Å²) < 4.78 is 11.3. The lowest BCUT2D eigenvalue weighted by molar-refractivity contribution is -0.142. The van der Waals surface area contributed by atoms with Gasteiger partial charge in [0.1, 0.15) is 6.04 Å². The van der Waals surface area contributed by atoms with Gasteiger partial charge < -0.3 is 63.3 Å². The summed E-state index contributed by atoms with van der Waals surface area (Å²) in [5, 5.41) is 29.7. The van der Waals surface area contributed by atoms with E-state index in [2.05, 4.69) is 71.8 Å². The van der Waals surface area contributed by atoms with Crippen LogP contribution in [0.4, 0.5) is 0 Å². The van der Waals surface area contributed by atoms with Gasteiger partial charge in [-0.1, -0.05) is 68.2 Å². The number of unbranched alkanes of at least 4 members (excludes halogenated alkanes) is 2. The van der Waals surface area contributed by atoms with Crippen molar-refractivity contribution in [2.24, 2.45) is 27.7 Å². The molecule has 5 atom stereocenters. The number of rotatable bonds is 38. The molecule has 1 heterocycles. The Balaban J connectivity index is 0. The zero-order chi connectivity index (χ0) is 53.9. The van der Waals surface area contributed by atoms with Crippen molar-refractivity contribution in [1.82, 2.24) is 37.2 Å². The number of carbonyl (C=O) groups excluding carboxylic acids is 6. The molecule has 410 valence electrons. The first-order valence-electron chi connectivity index (χ1n) is 25.3. The SMILES string of the molecule is CC(C)(CN)COCC(C)(C)NC=O.CCCC(=O)NC(CCCCNC(=O)CCCCC1SCC(NC=O)C1NC)C(=O)O.CCCC(C)(CCC(=O)NCC(C)(C)COCC(C)(C)CN)NC=O. The Bertz CT molecular complexity index is 1490. The molecule has 1 saturated heterocycles. The lowest BCUT2D eigenvalue weighted by Crippen LogP contribution is -2.48. The van der Waals surface area contributed by atoms with Gasteiger partial charge in [-0.25, -0.2) is 4.79 Å². The molecule has 5 unspecified atom stereocenters. The average molecular weight is 1020 g/mol. The van der Waals surface area contributed by atoms with Crippen molar-refractivity contribution in [3.8, 4) is 0 Å². The molecule has 6 amide bonds. The highest BCUT2D eigenvalue weighted by Crippen LogP contribution is 2.31. The molecular weight excluding hydrogens is 919 g/mol. The predicted octanol–water partition coefficient (Wildman–Crippen LogP) is 3.75. The molecule has 12 N–H and O–H groups in total. The van der Waals surface area contributed by atoms with Gasteiger partial charge in [-0.3, -0.25) is 28.8 Å². The van der Waals surface area contributed by atoms with Crippen molar-refractivity contribution in [1.29, 1.82) is 0 Å². The maximum absolute atomic E-state index is 12.1. The summed E-state index contributed by atoms with van der Waals surface area (Å²) in [7, 11) is 1.91. The Kier molecular flexibility index (Phi) is 36.4. The number of carboxylic acid groups (broad SMARTS) is 1. The third kappa shape index (κ3) is 34.7. The number of hydrogen-bond acceptors (Lipinski definition) is 13. The maximum Gasteiger partial charge on any atom is 0.326 e. The van der Waals surface area contributed by atoms with Gasteiger partial charge in [-0.2, -0.15) is 11.8 Å². The third-order valence-corrected chi connectivity index (χ3v) is 13.3. The normalized spacial score (nSPS) is 17.2. The lowest BCUT2D eigenvalue weighted by atomic mass is 9.90. The van der Waals surface area contributed by atoms with Crippen molar-refractivity contribution in [2.75, 3.05) is 65.4 Å². The molecule has 0 radical (unpaired) electrons. The number of nitrogens with two attached hydrogens (primary N) is 2. The lowest BCUT2D eigenvalue weighted by Gasteiger charge is -2.30. The van der Waals surface area contributed by atoms with E-state index in [1.165, 1.54) is 0 Å². The monoisotopic (exact) mass is 1020 g/mol. The van der Waals surface area contributed by atoms with E-state index in [0.717, 1.165) is 50.7 Å². The highest BCUT2D eigenvalue weighted by molar-refractivity contribution is 8.00. The molecule has 1 aliphatic heterocycles. The Labute approximate surface area is 425 Å². The zero-order valence-electron chi connectivity index (χ0n) is 45.3. The number of thioether (sulfide) groups is 1. The summed E-state index contributed by atoms with van der Waals surface area (Å²) in [6, 6.07) is -0.460. The second kappa shape index (κ2) is 37.2. The number of nitrogens with one attached hydrogen (secondary N) is 7. The van der Waals surface area contributed by atoms with Crippen LogP contribution >= 0.6 is 11.8 Å². The molecule has 70 heavy (non-hydrogen) atoms. The van der Waals surface area contributed by atoms with E-state index >= 15 is 0 Å². The van der Waals surface area contributed by atoms with Gasteiger partial charge in [0.25, 0.3) is 0 Å². The van der Waals surface area contributed by atoms with Crippen LogP contribution in [-0.2, 0) is 43.0 Å². The summed E-state index contributed by atoms with van der Waals surface area (Å²) in [6.07, 6.45) is 10.9. The molecule has 0 saturated carbocycles. The van der Waals surface area contributed by atoms with Crippen LogP contribution in [0.3, 0.4) is 0 Å². The third-order valence-electron chi connectivity index (χ3n) is 11.8. The average Bonchev–Trinajstić information content (AvgIpc) is 3.67. The Morgan fingerprint density at radius 3 is 1.81 bits per heavy atom. The molecule has 1 aliphatic rings. The molecule has 0 aliphatic carbocycles. The Morgan fingerprint density at radius 1 is 0.700 bits per heavy atom. The fraction of sp³-hybridized carbons (Fsp3) is 0.860. The van der Waals surface area contributed by atoms with Gasteiger partial charge in [-0.15, -0.1) is 0 Å². The molecule has 0 aromatic carbocycles. The quantitative estimate of drug-likeness (QED) is 0.0312. The molecule has 0 spiro atoms. The largest absolute Gasteiger partial charge is 0.480 e. The predicted molar refractivity (Wildman–Crippen MR) is 281 cm³/mol. The van der Waals surface area contributed by atoms with Crippen LogP contribution in [0.25, 0.3) is 0 Å². The maximum atomic E-state index is 12.1. The number of amides is 6. The van der Waals surface area contributed by atoms with Crippen LogP contribution in [-0.4, -0.2) is 148 Å². The number of hydrogen-bond donors (Lipinski definition) is 10. The first-order chi connectivity index (χ1) is 32.7. The van der Waals surface area contributed by atoms with E-state index < -0.39 is 12.0 Å². The second-order valence-corrected chi connectivity index (χ2v) is 23.0. The van der Waals surface area contributed by atoms with Crippen molar-refractivity contribution < 1.29 is 48.1 Å². The van der Waals surface area contributed by atoms with Crippen LogP contribution < -0.4 is 48.7 Å². The van der Waals surface area contributed by atoms with Crippen LogP contribution in [0, 0.1) is 16.2 Å². The van der Waals surface area contributed by atoms with Crippen molar-refractivity contribution >= 4 is 54.7 Å². The van der Waals surface area contributed by atoms with Gasteiger partial charge in [0.2, 0.25) is 37.0 Å². The van der Waals surface area contributed by atoms with Crippen molar-refractivity contribution in [2.45, 2.75) is 194 Å². The summed E-state index contributed by atoms with van der Waals surface area (Å²) in [5.41, 5.74) is 10.5. The van der Waals surface area contributed by atoms with Crippen LogP contribution in [0.1, 0.15) is 160 Å². The highest BCUT2D eigenvalue weighted by Gasteiger charge is 2.35. The van der Waals surface area contributed by atoms with E-state index in [9.17, 15) is 38.7 Å². The molecular formula is C50H99N9O10S. The Morgan fingerprint density at radius 2 is 1.29 bits per heavy atom. The van der Waals surface area contributed by atoms with Crippen LogP contribution in [0.15, 0.2) is 0 Å². The minimum atomic E-state index is -1.03. The number of carboxylic acids is 1. The fourth-order valence-corrected chi connectivity index (χ4v) is 8.71. The topological polar surface area (TPSA) is 294 Å². The smallest absolute Gasteiger partial charge is 0.326 e. The minimum Gasteiger partial charge on any atom is -0.480 e. The number of likely N-dealkylation sites (N-methyl/N-ethyl adjacent to an activating group) is 1. The van der Waals surface area contributed by atoms with E-state index in [4.69, 9.17) is 20.9 Å². The highest BCUT2D eigenvalue weighted by atomic mass is 32.2. The Hall–Kier alpha value is -3.56. The number of aliphatic carboxylic acids is 1. The van der Waals surface area contributed by atoms with Gasteiger partial charge in [0, 0.05) is 71.2 Å². The molecule has 20 heteroatoms. The number of ether oxygens (including phenoxy) is 2. The van der Waals surface area contributed by atoms with Gasteiger partial charge in [-0.05, 0) is 92.3 Å². The molecule has 19 nitrogen and oxygen atoms in total. The molecule has 0 aromatic heterocycles. The summed E-state index contributed by atoms with van der Waals surface area (Å²) in [4.78, 5) is 78.6. The van der Waals surface area contributed by atoms with Gasteiger partial charge >= 0.3 is 5.97 Å². The minimum absolute atomic E-state index is 0.00272. The van der Waals surface area contributed by atoms with Crippen LogP contribution in [0.5, 0.6) is 0 Å². The molecule has 0 bridgehead atoms. The van der Waals surface area contributed by atoms with E-state index in [1.807, 2.05) is 60.4 Å². The summed E-state index contributed by atoms with van der Waals surface area (Å²) in [5.74, 6) is -0.347. The molecule has 0 aromatic rings. The van der Waals surface area contributed by atoms with Crippen molar-refractivity contribution in [3.05, 3.63) is 0 Å². The zero-order valence-corrected chi connectivity index (χ0v) is 46.1. The van der Waals surface area contributed by atoms with Gasteiger partial charge in [0.15, 0.2) is 0 Å². The van der Waals surface area contributed by atoms with E-state index in [1.54, 1.807) is 0 Å². The standard InChI is InChI=1S/C21H38N4O5S.C19H39N3O3.C10H22N2O2/c1-3-8-19(28)25-15(21(29)30)9-6-7-12-23-18(27)11-5-4-10-17-20(22-2)16(13-31-17)24-14-26;1-7-9-19(6,22-15-23)10-8-16(24)21-12-18(4,5)14-25-13-17(2,3)11-20;1-9(2,5-11)6-14-7-10(3,4)12-8-13/h14-17,20,22H,3-13H2,1-2H3,(H,23,27)(H,24,26)(H,25,28)(H,29,30);15H,7-14,20H2,1-6H3,(H,21,24)(H,22,23);8H,5-7,11H2,1-4H3,(H,12,13). The number of carbonyl (C=O) groups is 7. The molecule has 1 fully saturated rings. The molecule has 1 rings (SSSR count). The first kappa shape index (κ1) is 68.5. The van der Waals surface area contributed by atoms with Crippen molar-refractivity contribution in [3.63, 3.8) is 0 Å². The summed E-state index contributed by atoms with van der Waals surface area (Å²) >= 11 is 1.86. The fourth-order valence-electron chi connectivity index (χ4n) is 7.09.